The predicted molar refractivity (Wildman–Crippen MR) is 119 cm³/mol. The van der Waals surface area contributed by atoms with E-state index >= 15 is 0 Å². The van der Waals surface area contributed by atoms with Crippen LogP contribution in [0.4, 0.5) is 0 Å². The number of ether oxygens (including phenoxy) is 2. The fourth-order valence-electron chi connectivity index (χ4n) is 4.04. The lowest BCUT2D eigenvalue weighted by molar-refractivity contribution is 0.254. The molecule has 1 saturated heterocycles. The van der Waals surface area contributed by atoms with E-state index in [9.17, 15) is 8.42 Å². The fraction of sp³-hybridized carbons (Fsp3) is 0.667. The van der Waals surface area contributed by atoms with Gasteiger partial charge in [-0.3, -0.25) is 4.99 Å². The molecule has 2 aliphatic heterocycles. The van der Waals surface area contributed by atoms with Crippen molar-refractivity contribution in [2.24, 2.45) is 4.99 Å². The molecule has 2 aliphatic rings. The van der Waals surface area contributed by atoms with E-state index in [2.05, 4.69) is 28.6 Å². The summed E-state index contributed by atoms with van der Waals surface area (Å²) in [5.41, 5.74) is 2.18. The molecule has 8 nitrogen and oxygen atoms in total. The van der Waals surface area contributed by atoms with Crippen molar-refractivity contribution in [3.8, 4) is 11.5 Å². The summed E-state index contributed by atoms with van der Waals surface area (Å²) < 4.78 is 37.5. The number of nitrogens with zero attached hydrogens (tertiary/aromatic N) is 2. The van der Waals surface area contributed by atoms with Crippen LogP contribution in [-0.4, -0.2) is 63.8 Å². The van der Waals surface area contributed by atoms with Crippen LogP contribution >= 0.6 is 0 Å². The second-order valence-corrected chi connectivity index (χ2v) is 10.1. The Morgan fingerprint density at radius 2 is 2.07 bits per heavy atom. The minimum absolute atomic E-state index is 0.189. The summed E-state index contributed by atoms with van der Waals surface area (Å²) in [4.78, 5) is 4.32. The third kappa shape index (κ3) is 5.37. The van der Waals surface area contributed by atoms with Crippen LogP contribution in [0.2, 0.25) is 0 Å². The van der Waals surface area contributed by atoms with E-state index in [0.717, 1.165) is 36.3 Å². The van der Waals surface area contributed by atoms with E-state index in [1.807, 2.05) is 13.0 Å². The van der Waals surface area contributed by atoms with E-state index in [0.29, 0.717) is 32.0 Å². The molecule has 0 aliphatic carbocycles. The monoisotopic (exact) mass is 438 g/mol. The van der Waals surface area contributed by atoms with Crippen molar-refractivity contribution in [2.75, 3.05) is 33.0 Å². The van der Waals surface area contributed by atoms with E-state index < -0.39 is 10.0 Å². The van der Waals surface area contributed by atoms with E-state index in [-0.39, 0.29) is 17.9 Å². The van der Waals surface area contributed by atoms with Crippen molar-refractivity contribution in [1.82, 2.24) is 14.9 Å². The third-order valence-electron chi connectivity index (χ3n) is 5.62. The standard InChI is InChI=1S/C21H34N4O4S/c1-5-10-30(26,27)25-8-6-18(7-9-25)24-21(22-3)23-14-17-13-20-16(11-15(2)29-20)12-19(17)28-4/h12-13,15,18H,5-11,14H2,1-4H3,(H2,22,23,24). The minimum atomic E-state index is -3.12. The summed E-state index contributed by atoms with van der Waals surface area (Å²) in [6.07, 6.45) is 3.26. The first-order valence-electron chi connectivity index (χ1n) is 10.7. The molecular weight excluding hydrogens is 404 g/mol. The van der Waals surface area contributed by atoms with Gasteiger partial charge < -0.3 is 20.1 Å². The van der Waals surface area contributed by atoms with Crippen LogP contribution in [0.3, 0.4) is 0 Å². The number of methoxy groups -OCH3 is 1. The highest BCUT2D eigenvalue weighted by Gasteiger charge is 2.28. The summed E-state index contributed by atoms with van der Waals surface area (Å²) in [6.45, 7) is 5.60. The molecule has 0 radical (unpaired) electrons. The van der Waals surface area contributed by atoms with Crippen LogP contribution in [0.25, 0.3) is 0 Å². The molecule has 0 bridgehead atoms. The SMILES string of the molecule is CCCS(=O)(=O)N1CCC(NC(=NC)NCc2cc3c(cc2OC)CC(C)O3)CC1. The van der Waals surface area contributed by atoms with Gasteiger partial charge in [-0.05, 0) is 38.3 Å². The molecule has 0 spiro atoms. The Morgan fingerprint density at radius 1 is 1.33 bits per heavy atom. The second kappa shape index (κ2) is 9.87. The Morgan fingerprint density at radius 3 is 2.70 bits per heavy atom. The first-order chi connectivity index (χ1) is 14.4. The van der Waals surface area contributed by atoms with Crippen LogP contribution in [0, 0.1) is 0 Å². The molecule has 3 rings (SSSR count). The van der Waals surface area contributed by atoms with Crippen molar-refractivity contribution in [1.29, 1.82) is 0 Å². The summed E-state index contributed by atoms with van der Waals surface area (Å²) in [7, 11) is 0.296. The van der Waals surface area contributed by atoms with Gasteiger partial charge in [0, 0.05) is 50.3 Å². The smallest absolute Gasteiger partial charge is 0.214 e. The van der Waals surface area contributed by atoms with Gasteiger partial charge in [0.2, 0.25) is 10.0 Å². The predicted octanol–water partition coefficient (Wildman–Crippen LogP) is 1.89. The van der Waals surface area contributed by atoms with Crippen molar-refractivity contribution in [3.05, 3.63) is 23.3 Å². The first kappa shape index (κ1) is 22.7. The number of piperidine rings is 1. The highest BCUT2D eigenvalue weighted by atomic mass is 32.2. The molecule has 1 aromatic rings. The van der Waals surface area contributed by atoms with Gasteiger partial charge in [0.25, 0.3) is 0 Å². The maximum atomic E-state index is 12.2. The zero-order chi connectivity index (χ0) is 21.7. The normalized spacial score (nSPS) is 20.5. The van der Waals surface area contributed by atoms with E-state index in [4.69, 9.17) is 9.47 Å². The number of hydrogen-bond acceptors (Lipinski definition) is 5. The molecule has 30 heavy (non-hydrogen) atoms. The third-order valence-corrected chi connectivity index (χ3v) is 7.70. The number of rotatable bonds is 7. The molecule has 168 valence electrons. The number of guanidine groups is 1. The van der Waals surface area contributed by atoms with Gasteiger partial charge in [-0.15, -0.1) is 0 Å². The number of sulfonamides is 1. The van der Waals surface area contributed by atoms with Gasteiger partial charge in [-0.1, -0.05) is 6.92 Å². The fourth-order valence-corrected chi connectivity index (χ4v) is 5.58. The minimum Gasteiger partial charge on any atom is -0.496 e. The summed E-state index contributed by atoms with van der Waals surface area (Å²) in [6, 6.07) is 4.28. The molecule has 0 amide bonds. The largest absolute Gasteiger partial charge is 0.496 e. The maximum Gasteiger partial charge on any atom is 0.214 e. The molecule has 1 fully saturated rings. The molecule has 0 aromatic heterocycles. The van der Waals surface area contributed by atoms with Crippen LogP contribution in [-0.2, 0) is 23.0 Å². The van der Waals surface area contributed by atoms with Crippen LogP contribution < -0.4 is 20.1 Å². The zero-order valence-electron chi connectivity index (χ0n) is 18.4. The van der Waals surface area contributed by atoms with Gasteiger partial charge >= 0.3 is 0 Å². The Bertz CT molecular complexity index is 864. The first-order valence-corrected chi connectivity index (χ1v) is 12.3. The number of nitrogens with one attached hydrogen (secondary N) is 2. The number of aliphatic imine (C=N–C) groups is 1. The molecule has 1 atom stereocenters. The number of fused-ring (bicyclic) bond motifs is 1. The van der Waals surface area contributed by atoms with Crippen molar-refractivity contribution >= 4 is 16.0 Å². The Kier molecular flexibility index (Phi) is 7.46. The average molecular weight is 439 g/mol. The van der Waals surface area contributed by atoms with Crippen molar-refractivity contribution in [2.45, 2.75) is 58.2 Å². The molecule has 0 saturated carbocycles. The summed E-state index contributed by atoms with van der Waals surface area (Å²) in [5.74, 6) is 2.67. The van der Waals surface area contributed by atoms with Crippen LogP contribution in [0.1, 0.15) is 44.2 Å². The van der Waals surface area contributed by atoms with Gasteiger partial charge in [-0.2, -0.15) is 0 Å². The molecule has 9 heteroatoms. The average Bonchev–Trinajstić information content (AvgIpc) is 3.09. The van der Waals surface area contributed by atoms with Crippen molar-refractivity contribution in [3.63, 3.8) is 0 Å². The molecule has 1 unspecified atom stereocenters. The number of benzene rings is 1. The molecule has 2 heterocycles. The van der Waals surface area contributed by atoms with E-state index in [1.165, 1.54) is 5.56 Å². The molecule has 1 aromatic carbocycles. The Labute approximate surface area is 180 Å². The highest BCUT2D eigenvalue weighted by Crippen LogP contribution is 2.34. The van der Waals surface area contributed by atoms with Crippen molar-refractivity contribution < 1.29 is 17.9 Å². The van der Waals surface area contributed by atoms with Gasteiger partial charge in [0.05, 0.1) is 12.9 Å². The molecular formula is C21H34N4O4S. The maximum absolute atomic E-state index is 12.2. The van der Waals surface area contributed by atoms with Gasteiger partial charge in [-0.25, -0.2) is 12.7 Å². The number of hydrogen-bond donors (Lipinski definition) is 2. The Hall–Kier alpha value is -2.00. The van der Waals surface area contributed by atoms with Gasteiger partial charge in [0.15, 0.2) is 5.96 Å². The zero-order valence-corrected chi connectivity index (χ0v) is 19.2. The van der Waals surface area contributed by atoms with Crippen LogP contribution in [0.15, 0.2) is 17.1 Å². The summed E-state index contributed by atoms with van der Waals surface area (Å²) in [5, 5.41) is 6.77. The lowest BCUT2D eigenvalue weighted by Crippen LogP contribution is -2.49. The topological polar surface area (TPSA) is 92.3 Å². The molecule has 2 N–H and O–H groups in total. The quantitative estimate of drug-likeness (QED) is 0.499. The summed E-state index contributed by atoms with van der Waals surface area (Å²) >= 11 is 0. The van der Waals surface area contributed by atoms with E-state index in [1.54, 1.807) is 18.5 Å². The lowest BCUT2D eigenvalue weighted by Gasteiger charge is -2.32. The Balaban J connectivity index is 1.55. The highest BCUT2D eigenvalue weighted by molar-refractivity contribution is 7.89. The lowest BCUT2D eigenvalue weighted by atomic mass is 10.1. The van der Waals surface area contributed by atoms with Crippen LogP contribution in [0.5, 0.6) is 11.5 Å². The second-order valence-electron chi connectivity index (χ2n) is 7.96. The van der Waals surface area contributed by atoms with Gasteiger partial charge in [0.1, 0.15) is 17.6 Å².